The van der Waals surface area contributed by atoms with Crippen LogP contribution < -0.4 is 5.32 Å². The van der Waals surface area contributed by atoms with Crippen LogP contribution in [0, 0.1) is 12.7 Å². The van der Waals surface area contributed by atoms with Gasteiger partial charge in [0.2, 0.25) is 0 Å². The molecule has 1 saturated carbocycles. The molecule has 2 heterocycles. The number of nitrogens with zero attached hydrogens (tertiary/aromatic N) is 3. The summed E-state index contributed by atoms with van der Waals surface area (Å²) in [7, 11) is 0. The Morgan fingerprint density at radius 2 is 1.96 bits per heavy atom. The van der Waals surface area contributed by atoms with Crippen molar-refractivity contribution in [2.24, 2.45) is 0 Å². The SMILES string of the molecule is Cc1cnc(-c2cc(C(=O)NC3CC3)cc(-c3ccnn3C(C)C)c2)c(F)c1. The highest BCUT2D eigenvalue weighted by atomic mass is 19.1. The van der Waals surface area contributed by atoms with Crippen LogP contribution in [0.25, 0.3) is 22.5 Å². The fraction of sp³-hybridized carbons (Fsp3) is 0.318. The smallest absolute Gasteiger partial charge is 0.251 e. The molecular weight excluding hydrogens is 355 g/mol. The van der Waals surface area contributed by atoms with Crippen molar-refractivity contribution >= 4 is 5.91 Å². The van der Waals surface area contributed by atoms with E-state index in [1.165, 1.54) is 6.07 Å². The average molecular weight is 378 g/mol. The van der Waals surface area contributed by atoms with Gasteiger partial charge in [-0.15, -0.1) is 0 Å². The molecule has 0 saturated heterocycles. The number of hydrogen-bond donors (Lipinski definition) is 1. The summed E-state index contributed by atoms with van der Waals surface area (Å²) in [6.07, 6.45) is 5.38. The summed E-state index contributed by atoms with van der Waals surface area (Å²) >= 11 is 0. The number of hydrogen-bond acceptors (Lipinski definition) is 3. The van der Waals surface area contributed by atoms with Crippen LogP contribution in [0.15, 0.2) is 42.7 Å². The largest absolute Gasteiger partial charge is 0.349 e. The summed E-state index contributed by atoms with van der Waals surface area (Å²) in [5, 5.41) is 7.39. The molecule has 0 bridgehead atoms. The van der Waals surface area contributed by atoms with Gasteiger partial charge in [0.05, 0.1) is 5.69 Å². The number of benzene rings is 1. The molecule has 0 radical (unpaired) electrons. The average Bonchev–Trinajstić information content (AvgIpc) is 3.32. The third kappa shape index (κ3) is 3.67. The Morgan fingerprint density at radius 3 is 2.64 bits per heavy atom. The zero-order valence-electron chi connectivity index (χ0n) is 16.2. The minimum Gasteiger partial charge on any atom is -0.349 e. The Morgan fingerprint density at radius 1 is 1.21 bits per heavy atom. The third-order valence-electron chi connectivity index (χ3n) is 4.81. The number of rotatable bonds is 5. The van der Waals surface area contributed by atoms with Crippen molar-refractivity contribution in [3.8, 4) is 22.5 Å². The van der Waals surface area contributed by atoms with E-state index in [1.54, 1.807) is 25.4 Å². The molecular formula is C22H23FN4O. The first kappa shape index (κ1) is 18.3. The van der Waals surface area contributed by atoms with E-state index in [0.29, 0.717) is 11.1 Å². The predicted octanol–water partition coefficient (Wildman–Crippen LogP) is 4.53. The molecule has 5 nitrogen and oxygen atoms in total. The lowest BCUT2D eigenvalue weighted by Crippen LogP contribution is -2.25. The van der Waals surface area contributed by atoms with Crippen LogP contribution in [0.3, 0.4) is 0 Å². The molecule has 0 spiro atoms. The first-order valence-electron chi connectivity index (χ1n) is 9.54. The summed E-state index contributed by atoms with van der Waals surface area (Å²) in [5.74, 6) is -0.545. The summed E-state index contributed by atoms with van der Waals surface area (Å²) in [6.45, 7) is 5.89. The van der Waals surface area contributed by atoms with Crippen LogP contribution in [-0.2, 0) is 0 Å². The Bertz CT molecular complexity index is 1040. The second kappa shape index (κ2) is 7.19. The van der Waals surface area contributed by atoms with Gasteiger partial charge < -0.3 is 5.32 Å². The standard InChI is InChI=1S/C22H23FN4O/c1-13(2)27-20(6-7-25-27)15-9-16(21-19(23)8-14(3)12-24-21)11-17(10-15)22(28)26-18-4-5-18/h6-13,18H,4-5H2,1-3H3,(H,26,28). The second-order valence-corrected chi connectivity index (χ2v) is 7.64. The van der Waals surface area contributed by atoms with Gasteiger partial charge in [0, 0.05) is 41.2 Å². The number of aryl methyl sites for hydroxylation is 1. The zero-order valence-corrected chi connectivity index (χ0v) is 16.2. The van der Waals surface area contributed by atoms with Crippen LogP contribution in [0.4, 0.5) is 4.39 Å². The number of carbonyl (C=O) groups excluding carboxylic acids is 1. The third-order valence-corrected chi connectivity index (χ3v) is 4.81. The highest BCUT2D eigenvalue weighted by Gasteiger charge is 2.25. The Hall–Kier alpha value is -3.02. The fourth-order valence-corrected chi connectivity index (χ4v) is 3.24. The highest BCUT2D eigenvalue weighted by molar-refractivity contribution is 5.97. The molecule has 0 atom stereocenters. The van der Waals surface area contributed by atoms with E-state index in [0.717, 1.165) is 29.7 Å². The highest BCUT2D eigenvalue weighted by Crippen LogP contribution is 2.30. The maximum Gasteiger partial charge on any atom is 0.251 e. The first-order valence-corrected chi connectivity index (χ1v) is 9.54. The maximum absolute atomic E-state index is 14.6. The molecule has 2 aromatic heterocycles. The quantitative estimate of drug-likeness (QED) is 0.709. The van der Waals surface area contributed by atoms with Gasteiger partial charge >= 0.3 is 0 Å². The number of halogens is 1. The normalized spacial score (nSPS) is 13.8. The van der Waals surface area contributed by atoms with Crippen molar-refractivity contribution in [3.05, 3.63) is 59.7 Å². The van der Waals surface area contributed by atoms with Crippen LogP contribution in [0.2, 0.25) is 0 Å². The van der Waals surface area contributed by atoms with Crippen molar-refractivity contribution in [2.75, 3.05) is 0 Å². The van der Waals surface area contributed by atoms with Crippen molar-refractivity contribution in [2.45, 2.75) is 45.7 Å². The van der Waals surface area contributed by atoms with E-state index in [1.807, 2.05) is 36.7 Å². The van der Waals surface area contributed by atoms with Crippen LogP contribution >= 0.6 is 0 Å². The van der Waals surface area contributed by atoms with Crippen molar-refractivity contribution in [1.29, 1.82) is 0 Å². The van der Waals surface area contributed by atoms with E-state index in [2.05, 4.69) is 15.4 Å². The monoisotopic (exact) mass is 378 g/mol. The lowest BCUT2D eigenvalue weighted by molar-refractivity contribution is 0.0951. The molecule has 28 heavy (non-hydrogen) atoms. The van der Waals surface area contributed by atoms with E-state index >= 15 is 0 Å². The van der Waals surface area contributed by atoms with Gasteiger partial charge in [0.25, 0.3) is 5.91 Å². The minimum absolute atomic E-state index is 0.145. The van der Waals surface area contributed by atoms with Crippen molar-refractivity contribution in [3.63, 3.8) is 0 Å². The summed E-state index contributed by atoms with van der Waals surface area (Å²) in [4.78, 5) is 17.0. The Kier molecular flexibility index (Phi) is 4.71. The van der Waals surface area contributed by atoms with Crippen LogP contribution in [0.5, 0.6) is 0 Å². The van der Waals surface area contributed by atoms with Gasteiger partial charge in [-0.2, -0.15) is 5.10 Å². The molecule has 1 aliphatic carbocycles. The number of nitrogens with one attached hydrogen (secondary N) is 1. The number of carbonyl (C=O) groups is 1. The molecule has 1 amide bonds. The Labute approximate surface area is 163 Å². The summed E-state index contributed by atoms with van der Waals surface area (Å²) in [5.41, 5.74) is 3.76. The lowest BCUT2D eigenvalue weighted by Gasteiger charge is -2.14. The first-order chi connectivity index (χ1) is 13.4. The van der Waals surface area contributed by atoms with E-state index in [-0.39, 0.29) is 23.7 Å². The van der Waals surface area contributed by atoms with Crippen LogP contribution in [0.1, 0.15) is 48.7 Å². The molecule has 6 heteroatoms. The van der Waals surface area contributed by atoms with Crippen molar-refractivity contribution in [1.82, 2.24) is 20.1 Å². The molecule has 1 aliphatic rings. The van der Waals surface area contributed by atoms with Gasteiger partial charge in [-0.1, -0.05) is 0 Å². The van der Waals surface area contributed by atoms with E-state index < -0.39 is 5.82 Å². The zero-order chi connectivity index (χ0) is 19.8. The number of pyridine rings is 1. The topological polar surface area (TPSA) is 59.8 Å². The van der Waals surface area contributed by atoms with Gasteiger partial charge in [-0.25, -0.2) is 4.39 Å². The second-order valence-electron chi connectivity index (χ2n) is 7.64. The van der Waals surface area contributed by atoms with E-state index in [4.69, 9.17) is 0 Å². The molecule has 1 fully saturated rings. The summed E-state index contributed by atoms with van der Waals surface area (Å²) in [6, 6.07) is 9.17. The van der Waals surface area contributed by atoms with E-state index in [9.17, 15) is 9.18 Å². The molecule has 3 aromatic rings. The van der Waals surface area contributed by atoms with Gasteiger partial charge in [0.15, 0.2) is 0 Å². The minimum atomic E-state index is -0.400. The lowest BCUT2D eigenvalue weighted by atomic mass is 10.00. The molecule has 0 aliphatic heterocycles. The van der Waals surface area contributed by atoms with Crippen molar-refractivity contribution < 1.29 is 9.18 Å². The number of aromatic nitrogens is 3. The van der Waals surface area contributed by atoms with Gasteiger partial charge in [-0.3, -0.25) is 14.5 Å². The molecule has 1 N–H and O–H groups in total. The molecule has 4 rings (SSSR count). The van der Waals surface area contributed by atoms with Gasteiger partial charge in [0.1, 0.15) is 11.5 Å². The fourth-order valence-electron chi connectivity index (χ4n) is 3.24. The molecule has 0 unspecified atom stereocenters. The van der Waals surface area contributed by atoms with Gasteiger partial charge in [-0.05, 0) is 69.5 Å². The molecule has 1 aromatic carbocycles. The Balaban J connectivity index is 1.85. The number of amides is 1. The maximum atomic E-state index is 14.6. The predicted molar refractivity (Wildman–Crippen MR) is 106 cm³/mol. The summed E-state index contributed by atoms with van der Waals surface area (Å²) < 4.78 is 16.5. The molecule has 144 valence electrons. The van der Waals surface area contributed by atoms with Crippen LogP contribution in [-0.4, -0.2) is 26.7 Å².